The third kappa shape index (κ3) is 3.65. The maximum atomic E-state index is 12.4. The second-order valence-corrected chi connectivity index (χ2v) is 5.27. The third-order valence-electron chi connectivity index (χ3n) is 3.92. The monoisotopic (exact) mass is 293 g/mol. The minimum absolute atomic E-state index is 0.0603. The van der Waals surface area contributed by atoms with Gasteiger partial charge in [-0.05, 0) is 25.5 Å². The van der Waals surface area contributed by atoms with Gasteiger partial charge >= 0.3 is 0 Å². The molecule has 0 radical (unpaired) electrons. The third-order valence-corrected chi connectivity index (χ3v) is 3.92. The lowest BCUT2D eigenvalue weighted by atomic mass is 10.2. The number of hydrogen-bond acceptors (Lipinski definition) is 5. The summed E-state index contributed by atoms with van der Waals surface area (Å²) >= 11 is 0. The van der Waals surface area contributed by atoms with E-state index >= 15 is 0 Å². The molecule has 0 spiro atoms. The number of rotatable bonds is 5. The highest BCUT2D eigenvalue weighted by Gasteiger charge is 2.29. The van der Waals surface area contributed by atoms with Gasteiger partial charge in [-0.25, -0.2) is 0 Å². The first-order chi connectivity index (χ1) is 10.0. The molecule has 2 unspecified atom stereocenters. The smallest absolute Gasteiger partial charge is 0.241 e. The molecule has 6 heteroatoms. The van der Waals surface area contributed by atoms with Crippen molar-refractivity contribution in [3.05, 3.63) is 18.2 Å². The highest BCUT2D eigenvalue weighted by molar-refractivity contribution is 5.96. The Morgan fingerprint density at radius 2 is 2.24 bits per heavy atom. The van der Waals surface area contributed by atoms with E-state index in [0.29, 0.717) is 17.1 Å². The lowest BCUT2D eigenvalue weighted by Crippen LogP contribution is -2.41. The van der Waals surface area contributed by atoms with Crippen molar-refractivity contribution in [2.75, 3.05) is 38.4 Å². The second kappa shape index (κ2) is 6.78. The predicted octanol–water partition coefficient (Wildman–Crippen LogP) is 1.33. The molecule has 0 bridgehead atoms. The molecule has 1 aliphatic rings. The Kier molecular flexibility index (Phi) is 5.03. The lowest BCUT2D eigenvalue weighted by Gasteiger charge is -2.23. The molecule has 0 aliphatic carbocycles. The summed E-state index contributed by atoms with van der Waals surface area (Å²) in [5.74, 6) is 0.501. The van der Waals surface area contributed by atoms with Gasteiger partial charge in [0, 0.05) is 32.0 Å². The minimum atomic E-state index is -0.215. The number of carbonyl (C=O) groups excluding carboxylic acids is 1. The fourth-order valence-corrected chi connectivity index (χ4v) is 2.51. The van der Waals surface area contributed by atoms with Crippen molar-refractivity contribution in [1.82, 2.24) is 4.90 Å². The first kappa shape index (κ1) is 15.6. The van der Waals surface area contributed by atoms with Crippen molar-refractivity contribution in [3.8, 4) is 5.75 Å². The number of likely N-dealkylation sites (tertiary alicyclic amines) is 1. The zero-order chi connectivity index (χ0) is 15.4. The number of nitrogen functional groups attached to an aromatic ring is 1. The normalized spacial score (nSPS) is 20.2. The summed E-state index contributed by atoms with van der Waals surface area (Å²) in [7, 11) is 3.26. The number of amides is 1. The van der Waals surface area contributed by atoms with Gasteiger partial charge in [0.05, 0.1) is 24.9 Å². The van der Waals surface area contributed by atoms with Gasteiger partial charge in [0.1, 0.15) is 5.75 Å². The number of nitrogens with one attached hydrogen (secondary N) is 1. The summed E-state index contributed by atoms with van der Waals surface area (Å²) in [5.41, 5.74) is 6.94. The van der Waals surface area contributed by atoms with E-state index in [9.17, 15) is 4.79 Å². The first-order valence-electron chi connectivity index (χ1n) is 7.06. The Balaban J connectivity index is 2.01. The summed E-state index contributed by atoms with van der Waals surface area (Å²) in [6.07, 6.45) is 1.17. The van der Waals surface area contributed by atoms with Crippen molar-refractivity contribution in [1.29, 1.82) is 0 Å². The largest absolute Gasteiger partial charge is 0.494 e. The molecule has 1 amide bonds. The second-order valence-electron chi connectivity index (χ2n) is 5.27. The van der Waals surface area contributed by atoms with Crippen molar-refractivity contribution in [3.63, 3.8) is 0 Å². The van der Waals surface area contributed by atoms with Crippen LogP contribution in [0.4, 0.5) is 11.4 Å². The number of ether oxygens (including phenoxy) is 2. The molecule has 1 heterocycles. The zero-order valence-corrected chi connectivity index (χ0v) is 12.8. The number of nitrogens with zero attached hydrogens (tertiary/aromatic N) is 1. The van der Waals surface area contributed by atoms with E-state index in [4.69, 9.17) is 15.2 Å². The molecule has 21 heavy (non-hydrogen) atoms. The summed E-state index contributed by atoms with van der Waals surface area (Å²) < 4.78 is 10.6. The van der Waals surface area contributed by atoms with Crippen LogP contribution in [0, 0.1) is 0 Å². The molecule has 1 aromatic rings. The molecule has 2 atom stereocenters. The molecule has 3 N–H and O–H groups in total. The predicted molar refractivity (Wildman–Crippen MR) is 82.5 cm³/mol. The van der Waals surface area contributed by atoms with Crippen LogP contribution in [0.25, 0.3) is 0 Å². The Morgan fingerprint density at radius 3 is 2.86 bits per heavy atom. The Labute approximate surface area is 125 Å². The van der Waals surface area contributed by atoms with Gasteiger partial charge in [0.2, 0.25) is 5.91 Å². The van der Waals surface area contributed by atoms with Gasteiger partial charge in [-0.3, -0.25) is 9.69 Å². The first-order valence-corrected chi connectivity index (χ1v) is 7.06. The Hall–Kier alpha value is -1.79. The van der Waals surface area contributed by atoms with E-state index in [1.54, 1.807) is 32.4 Å². The van der Waals surface area contributed by atoms with Crippen molar-refractivity contribution in [2.45, 2.75) is 25.5 Å². The Morgan fingerprint density at radius 1 is 1.48 bits per heavy atom. The standard InChI is InChI=1S/C15H23N3O3/c1-10(18-7-6-12(9-18)20-2)15(19)17-13-5-4-11(16)8-14(13)21-3/h4-5,8,10,12H,6-7,9,16H2,1-3H3,(H,17,19). The summed E-state index contributed by atoms with van der Waals surface area (Å²) in [6, 6.07) is 4.96. The van der Waals surface area contributed by atoms with Crippen molar-refractivity contribution < 1.29 is 14.3 Å². The van der Waals surface area contributed by atoms with Crippen LogP contribution in [0.1, 0.15) is 13.3 Å². The van der Waals surface area contributed by atoms with E-state index in [2.05, 4.69) is 10.2 Å². The molecule has 116 valence electrons. The summed E-state index contributed by atoms with van der Waals surface area (Å²) in [6.45, 7) is 3.55. The average Bonchev–Trinajstić information content (AvgIpc) is 2.97. The highest BCUT2D eigenvalue weighted by Crippen LogP contribution is 2.27. The quantitative estimate of drug-likeness (QED) is 0.801. The SMILES string of the molecule is COc1cc(N)ccc1NC(=O)C(C)N1CCC(OC)C1. The van der Waals surface area contributed by atoms with E-state index in [1.807, 2.05) is 6.92 Å². The number of benzene rings is 1. The molecule has 1 fully saturated rings. The highest BCUT2D eigenvalue weighted by atomic mass is 16.5. The fraction of sp³-hybridized carbons (Fsp3) is 0.533. The van der Waals surface area contributed by atoms with E-state index in [-0.39, 0.29) is 18.1 Å². The molecule has 6 nitrogen and oxygen atoms in total. The van der Waals surface area contributed by atoms with Crippen LogP contribution in [0.2, 0.25) is 0 Å². The van der Waals surface area contributed by atoms with E-state index in [0.717, 1.165) is 19.5 Å². The number of nitrogens with two attached hydrogens (primary N) is 1. The van der Waals surface area contributed by atoms with Gasteiger partial charge in [0.25, 0.3) is 0 Å². The minimum Gasteiger partial charge on any atom is -0.494 e. The summed E-state index contributed by atoms with van der Waals surface area (Å²) in [5, 5.41) is 2.90. The maximum Gasteiger partial charge on any atom is 0.241 e. The number of methoxy groups -OCH3 is 2. The van der Waals surface area contributed by atoms with Crippen LogP contribution in [0.5, 0.6) is 5.75 Å². The van der Waals surface area contributed by atoms with Crippen molar-refractivity contribution >= 4 is 17.3 Å². The zero-order valence-electron chi connectivity index (χ0n) is 12.8. The lowest BCUT2D eigenvalue weighted by molar-refractivity contribution is -0.120. The molecular weight excluding hydrogens is 270 g/mol. The van der Waals surface area contributed by atoms with Gasteiger partial charge in [-0.2, -0.15) is 0 Å². The Bertz CT molecular complexity index is 507. The molecule has 0 saturated carbocycles. The maximum absolute atomic E-state index is 12.4. The number of carbonyl (C=O) groups is 1. The molecule has 2 rings (SSSR count). The van der Waals surface area contributed by atoms with Crippen LogP contribution in [-0.4, -0.2) is 50.3 Å². The van der Waals surface area contributed by atoms with Gasteiger partial charge in [0.15, 0.2) is 0 Å². The van der Waals surface area contributed by atoms with E-state index < -0.39 is 0 Å². The number of hydrogen-bond donors (Lipinski definition) is 2. The van der Waals surface area contributed by atoms with Crippen LogP contribution in [-0.2, 0) is 9.53 Å². The van der Waals surface area contributed by atoms with Crippen LogP contribution >= 0.6 is 0 Å². The van der Waals surface area contributed by atoms with Crippen molar-refractivity contribution in [2.24, 2.45) is 0 Å². The summed E-state index contributed by atoms with van der Waals surface area (Å²) in [4.78, 5) is 14.5. The average molecular weight is 293 g/mol. The topological polar surface area (TPSA) is 76.8 Å². The molecule has 1 saturated heterocycles. The van der Waals surface area contributed by atoms with Crippen LogP contribution in [0.3, 0.4) is 0 Å². The van der Waals surface area contributed by atoms with E-state index in [1.165, 1.54) is 0 Å². The fourth-order valence-electron chi connectivity index (χ4n) is 2.51. The van der Waals surface area contributed by atoms with Gasteiger partial charge in [-0.1, -0.05) is 0 Å². The molecule has 1 aliphatic heterocycles. The molecule has 0 aromatic heterocycles. The van der Waals surface area contributed by atoms with Gasteiger partial charge in [-0.15, -0.1) is 0 Å². The molecule has 1 aromatic carbocycles. The number of anilines is 2. The van der Waals surface area contributed by atoms with Gasteiger partial charge < -0.3 is 20.5 Å². The van der Waals surface area contributed by atoms with Crippen LogP contribution in [0.15, 0.2) is 18.2 Å². The molecular formula is C15H23N3O3. The van der Waals surface area contributed by atoms with Crippen LogP contribution < -0.4 is 15.8 Å².